The summed E-state index contributed by atoms with van der Waals surface area (Å²) < 4.78 is 50.8. The molecule has 0 aliphatic carbocycles. The lowest BCUT2D eigenvalue weighted by Crippen LogP contribution is -2.25. The number of hydrogen-bond donors (Lipinski definition) is 2. The van der Waals surface area contributed by atoms with Crippen LogP contribution >= 0.6 is 0 Å². The second kappa shape index (κ2) is 6.76. The zero-order valence-electron chi connectivity index (χ0n) is 9.72. The van der Waals surface area contributed by atoms with E-state index in [0.717, 1.165) is 17.1 Å². The zero-order chi connectivity index (χ0) is 13.6. The Balaban J connectivity index is 2.59. The van der Waals surface area contributed by atoms with Crippen LogP contribution in [0.4, 0.5) is 8.78 Å². The highest BCUT2D eigenvalue weighted by Gasteiger charge is 2.16. The molecule has 1 rings (SSSR count). The molecular formula is C9H16F2N4O2S. The predicted molar refractivity (Wildman–Crippen MR) is 61.7 cm³/mol. The predicted octanol–water partition coefficient (Wildman–Crippen LogP) is 0.165. The van der Waals surface area contributed by atoms with Gasteiger partial charge in [-0.25, -0.2) is 21.9 Å². The zero-order valence-corrected chi connectivity index (χ0v) is 10.5. The summed E-state index contributed by atoms with van der Waals surface area (Å²) in [7, 11) is -3.67. The molecule has 1 aromatic rings. The van der Waals surface area contributed by atoms with Gasteiger partial charge in [0.1, 0.15) is 11.4 Å². The van der Waals surface area contributed by atoms with Gasteiger partial charge in [0, 0.05) is 12.7 Å². The Hall–Kier alpha value is -1.06. The topological polar surface area (TPSA) is 90.0 Å². The number of alkyl halides is 2. The van der Waals surface area contributed by atoms with Gasteiger partial charge in [0.2, 0.25) is 10.0 Å². The van der Waals surface area contributed by atoms with E-state index in [4.69, 9.17) is 5.73 Å². The van der Waals surface area contributed by atoms with Gasteiger partial charge in [0.15, 0.2) is 0 Å². The Morgan fingerprint density at radius 3 is 2.78 bits per heavy atom. The van der Waals surface area contributed by atoms with Crippen LogP contribution in [-0.4, -0.2) is 37.7 Å². The van der Waals surface area contributed by atoms with E-state index < -0.39 is 23.0 Å². The molecule has 1 aromatic heterocycles. The fourth-order valence-corrected chi connectivity index (χ4v) is 2.31. The van der Waals surface area contributed by atoms with Crippen LogP contribution in [0.3, 0.4) is 0 Å². The van der Waals surface area contributed by atoms with E-state index in [9.17, 15) is 17.2 Å². The monoisotopic (exact) mass is 282 g/mol. The maximum atomic E-state index is 12.1. The van der Waals surface area contributed by atoms with Crippen LogP contribution in [0.2, 0.25) is 0 Å². The molecule has 9 heteroatoms. The van der Waals surface area contributed by atoms with Gasteiger partial charge in [-0.1, -0.05) is 0 Å². The van der Waals surface area contributed by atoms with Crippen molar-refractivity contribution in [1.29, 1.82) is 0 Å². The van der Waals surface area contributed by atoms with Gasteiger partial charge in [0.25, 0.3) is 6.43 Å². The minimum atomic E-state index is -3.67. The quantitative estimate of drug-likeness (QED) is 0.665. The number of nitrogens with one attached hydrogen (secondary N) is 1. The van der Waals surface area contributed by atoms with Crippen LogP contribution < -0.4 is 10.5 Å². The highest BCUT2D eigenvalue weighted by atomic mass is 32.2. The molecule has 0 saturated carbocycles. The Labute approximate surface area is 104 Å². The number of unbranched alkanes of at least 4 members (excludes halogenated alkanes) is 1. The van der Waals surface area contributed by atoms with E-state index in [2.05, 4.69) is 9.82 Å². The van der Waals surface area contributed by atoms with Gasteiger partial charge in [-0.15, -0.1) is 0 Å². The van der Waals surface area contributed by atoms with Crippen molar-refractivity contribution in [3.63, 3.8) is 0 Å². The van der Waals surface area contributed by atoms with Gasteiger partial charge in [-0.05, 0) is 19.4 Å². The summed E-state index contributed by atoms with van der Waals surface area (Å²) in [4.78, 5) is -0.115. The van der Waals surface area contributed by atoms with Crippen LogP contribution in [0.15, 0.2) is 17.3 Å². The van der Waals surface area contributed by atoms with Crippen LogP contribution in [0, 0.1) is 0 Å². The van der Waals surface area contributed by atoms with Crippen molar-refractivity contribution in [2.75, 3.05) is 13.1 Å². The molecule has 3 N–H and O–H groups in total. The molecule has 0 spiro atoms. The highest BCUT2D eigenvalue weighted by molar-refractivity contribution is 7.89. The number of sulfonamides is 1. The third-order valence-corrected chi connectivity index (χ3v) is 3.58. The van der Waals surface area contributed by atoms with Crippen molar-refractivity contribution >= 4 is 10.0 Å². The standard InChI is InChI=1S/C9H16F2N4O2S/c10-9(11)7-15-6-8(5-13-15)18(16,17)14-4-2-1-3-12/h5-6,9,14H,1-4,7,12H2. The summed E-state index contributed by atoms with van der Waals surface area (Å²) in [5.74, 6) is 0. The summed E-state index contributed by atoms with van der Waals surface area (Å²) in [6.07, 6.45) is 0.900. The molecule has 0 atom stereocenters. The van der Waals surface area contributed by atoms with E-state index in [-0.39, 0.29) is 11.4 Å². The molecule has 104 valence electrons. The summed E-state index contributed by atoms with van der Waals surface area (Å²) in [6.45, 7) is 0.135. The first-order chi connectivity index (χ1) is 8.45. The van der Waals surface area contributed by atoms with Crippen molar-refractivity contribution in [2.45, 2.75) is 30.7 Å². The van der Waals surface area contributed by atoms with Crippen LogP contribution in [0.25, 0.3) is 0 Å². The Morgan fingerprint density at radius 2 is 2.17 bits per heavy atom. The average Bonchev–Trinajstić information content (AvgIpc) is 2.73. The molecule has 0 radical (unpaired) electrons. The second-order valence-corrected chi connectivity index (χ2v) is 5.45. The molecule has 0 saturated heterocycles. The molecule has 0 aromatic carbocycles. The van der Waals surface area contributed by atoms with Gasteiger partial charge in [0.05, 0.1) is 6.20 Å². The second-order valence-electron chi connectivity index (χ2n) is 3.68. The summed E-state index contributed by atoms with van der Waals surface area (Å²) in [6, 6.07) is 0. The first-order valence-electron chi connectivity index (χ1n) is 5.46. The largest absolute Gasteiger partial charge is 0.330 e. The van der Waals surface area contributed by atoms with Gasteiger partial charge >= 0.3 is 0 Å². The molecule has 0 aliphatic heterocycles. The number of rotatable bonds is 8. The number of hydrogen-bond acceptors (Lipinski definition) is 4. The molecular weight excluding hydrogens is 266 g/mol. The molecule has 6 nitrogen and oxygen atoms in total. The normalized spacial score (nSPS) is 12.2. The van der Waals surface area contributed by atoms with E-state index in [1.807, 2.05) is 0 Å². The van der Waals surface area contributed by atoms with Crippen molar-refractivity contribution in [2.24, 2.45) is 5.73 Å². The van der Waals surface area contributed by atoms with Gasteiger partial charge < -0.3 is 5.73 Å². The maximum absolute atomic E-state index is 12.1. The summed E-state index contributed by atoms with van der Waals surface area (Å²) in [5.41, 5.74) is 5.28. The fraction of sp³-hybridized carbons (Fsp3) is 0.667. The van der Waals surface area contributed by atoms with Crippen molar-refractivity contribution < 1.29 is 17.2 Å². The van der Waals surface area contributed by atoms with Crippen LogP contribution in [0.1, 0.15) is 12.8 Å². The Morgan fingerprint density at radius 1 is 1.44 bits per heavy atom. The van der Waals surface area contributed by atoms with E-state index >= 15 is 0 Å². The highest BCUT2D eigenvalue weighted by Crippen LogP contribution is 2.08. The number of nitrogens with two attached hydrogens (primary N) is 1. The SMILES string of the molecule is NCCCCNS(=O)(=O)c1cnn(CC(F)F)c1. The molecule has 1 heterocycles. The van der Waals surface area contributed by atoms with Crippen molar-refractivity contribution in [3.05, 3.63) is 12.4 Å². The van der Waals surface area contributed by atoms with E-state index in [1.165, 1.54) is 0 Å². The molecule has 0 fully saturated rings. The van der Waals surface area contributed by atoms with E-state index in [0.29, 0.717) is 19.4 Å². The first kappa shape index (κ1) is 15.0. The summed E-state index contributed by atoms with van der Waals surface area (Å²) >= 11 is 0. The molecule has 0 aliphatic rings. The molecule has 0 amide bonds. The van der Waals surface area contributed by atoms with Crippen LogP contribution in [-0.2, 0) is 16.6 Å². The third kappa shape index (κ3) is 4.67. The lowest BCUT2D eigenvalue weighted by atomic mass is 10.3. The average molecular weight is 282 g/mol. The lowest BCUT2D eigenvalue weighted by Gasteiger charge is -2.03. The molecule has 0 bridgehead atoms. The number of halogens is 2. The Bertz CT molecular complexity index is 461. The minimum Gasteiger partial charge on any atom is -0.330 e. The molecule has 0 unspecified atom stereocenters. The summed E-state index contributed by atoms with van der Waals surface area (Å²) in [5, 5.41) is 3.56. The van der Waals surface area contributed by atoms with Crippen molar-refractivity contribution in [1.82, 2.24) is 14.5 Å². The van der Waals surface area contributed by atoms with Crippen LogP contribution in [0.5, 0.6) is 0 Å². The van der Waals surface area contributed by atoms with Gasteiger partial charge in [-0.3, -0.25) is 4.68 Å². The smallest absolute Gasteiger partial charge is 0.257 e. The third-order valence-electron chi connectivity index (χ3n) is 2.17. The number of aromatic nitrogens is 2. The van der Waals surface area contributed by atoms with Crippen molar-refractivity contribution in [3.8, 4) is 0 Å². The molecule has 18 heavy (non-hydrogen) atoms. The lowest BCUT2D eigenvalue weighted by molar-refractivity contribution is 0.121. The fourth-order valence-electron chi connectivity index (χ4n) is 1.28. The number of nitrogens with zero attached hydrogens (tertiary/aromatic N) is 2. The Kier molecular flexibility index (Phi) is 5.63. The first-order valence-corrected chi connectivity index (χ1v) is 6.94. The maximum Gasteiger partial charge on any atom is 0.257 e. The van der Waals surface area contributed by atoms with Gasteiger partial charge in [-0.2, -0.15) is 5.10 Å². The van der Waals surface area contributed by atoms with E-state index in [1.54, 1.807) is 0 Å². The minimum absolute atomic E-state index is 0.115.